The zero-order chi connectivity index (χ0) is 19.6. The molecule has 2 heterocycles. The van der Waals surface area contributed by atoms with Crippen molar-refractivity contribution in [3.8, 4) is 0 Å². The Morgan fingerprint density at radius 1 is 1.26 bits per heavy atom. The number of aliphatic hydroxyl groups is 2. The van der Waals surface area contributed by atoms with E-state index in [0.717, 1.165) is 37.4 Å². The van der Waals surface area contributed by atoms with Crippen LogP contribution < -0.4 is 5.32 Å². The highest BCUT2D eigenvalue weighted by molar-refractivity contribution is 8.14. The van der Waals surface area contributed by atoms with Gasteiger partial charge in [-0.2, -0.15) is 13.2 Å². The van der Waals surface area contributed by atoms with E-state index in [0.29, 0.717) is 17.5 Å². The van der Waals surface area contributed by atoms with Crippen LogP contribution in [0.4, 0.5) is 13.2 Å². The van der Waals surface area contributed by atoms with Gasteiger partial charge in [0, 0.05) is 13.7 Å². The molecule has 1 saturated heterocycles. The minimum absolute atomic E-state index is 0.0446. The summed E-state index contributed by atoms with van der Waals surface area (Å²) in [6.07, 6.45) is -5.86. The number of aliphatic hydroxyl groups excluding tert-OH is 2. The third kappa shape index (κ3) is 4.90. The molecule has 6 nitrogen and oxygen atoms in total. The summed E-state index contributed by atoms with van der Waals surface area (Å²) in [6.45, 7) is -0.0446. The van der Waals surface area contributed by atoms with Crippen molar-refractivity contribution in [3.63, 3.8) is 0 Å². The molecule has 1 unspecified atom stereocenters. The third-order valence-corrected chi connectivity index (χ3v) is 6.64. The standard InChI is InChI=1S/C17H27F3N2O4S/c1-21-16-22-10-11(23)12(24)13(26-15(10)27-16)14(17(18,19)20)25-8-7-9-5-3-2-4-6-9/h9-15,23-24H,2-8H2,1H3,(H,21,22)/t10-,11-,12+,13?,14-,15-/m1/s1. The highest BCUT2D eigenvalue weighted by Gasteiger charge is 2.57. The number of alkyl halides is 3. The van der Waals surface area contributed by atoms with Gasteiger partial charge in [-0.15, -0.1) is 0 Å². The molecule has 2 aliphatic heterocycles. The smallest absolute Gasteiger partial charge is 0.388 e. The molecule has 6 atom stereocenters. The van der Waals surface area contributed by atoms with E-state index in [2.05, 4.69) is 10.3 Å². The summed E-state index contributed by atoms with van der Waals surface area (Å²) in [5.41, 5.74) is -0.789. The maximum Gasteiger partial charge on any atom is 0.417 e. The van der Waals surface area contributed by atoms with Crippen molar-refractivity contribution < 1.29 is 32.9 Å². The molecule has 1 aliphatic carbocycles. The lowest BCUT2D eigenvalue weighted by Crippen LogP contribution is -2.61. The Labute approximate surface area is 160 Å². The van der Waals surface area contributed by atoms with Crippen molar-refractivity contribution >= 4 is 16.9 Å². The number of amidine groups is 1. The van der Waals surface area contributed by atoms with Gasteiger partial charge in [0.1, 0.15) is 29.8 Å². The Bertz CT molecular complexity index is 531. The second-order valence-corrected chi connectivity index (χ2v) is 8.46. The quantitative estimate of drug-likeness (QED) is 0.641. The molecule has 0 spiro atoms. The van der Waals surface area contributed by atoms with Crippen molar-refractivity contribution in [2.24, 2.45) is 10.9 Å². The van der Waals surface area contributed by atoms with Crippen molar-refractivity contribution in [3.05, 3.63) is 0 Å². The highest BCUT2D eigenvalue weighted by atomic mass is 32.2. The van der Waals surface area contributed by atoms with E-state index in [9.17, 15) is 23.4 Å². The lowest BCUT2D eigenvalue weighted by Gasteiger charge is -2.41. The summed E-state index contributed by atoms with van der Waals surface area (Å²) < 4.78 is 51.5. The molecule has 2 fully saturated rings. The van der Waals surface area contributed by atoms with E-state index in [1.165, 1.54) is 6.42 Å². The monoisotopic (exact) mass is 412 g/mol. The number of nitrogens with one attached hydrogen (secondary N) is 1. The lowest BCUT2D eigenvalue weighted by atomic mass is 9.87. The zero-order valence-electron chi connectivity index (χ0n) is 15.2. The number of halogens is 3. The fraction of sp³-hybridized carbons (Fsp3) is 0.941. The largest absolute Gasteiger partial charge is 0.417 e. The fourth-order valence-electron chi connectivity index (χ4n) is 3.97. The van der Waals surface area contributed by atoms with Crippen LogP contribution in [0.2, 0.25) is 0 Å². The van der Waals surface area contributed by atoms with Crippen LogP contribution >= 0.6 is 11.8 Å². The van der Waals surface area contributed by atoms with E-state index in [4.69, 9.17) is 9.47 Å². The van der Waals surface area contributed by atoms with Crippen LogP contribution in [-0.2, 0) is 9.47 Å². The van der Waals surface area contributed by atoms with Crippen molar-refractivity contribution in [2.45, 2.75) is 80.6 Å². The number of aliphatic imine (C=N–C) groups is 1. The second kappa shape index (κ2) is 8.86. The molecule has 10 heteroatoms. The second-order valence-electron chi connectivity index (χ2n) is 7.37. The SMILES string of the molecule is CNC1=N[C@@H]2[C@@H](O)[C@H](O)C([C@@H](OCCC3CCCCC3)C(F)(F)F)O[C@@H]2S1. The van der Waals surface area contributed by atoms with Gasteiger partial charge in [-0.05, 0) is 12.3 Å². The minimum Gasteiger partial charge on any atom is -0.388 e. The van der Waals surface area contributed by atoms with Gasteiger partial charge in [0.25, 0.3) is 0 Å². The first-order valence-electron chi connectivity index (χ1n) is 9.43. The van der Waals surface area contributed by atoms with Crippen LogP contribution in [0.3, 0.4) is 0 Å². The van der Waals surface area contributed by atoms with Crippen LogP contribution in [-0.4, -0.2) is 71.1 Å². The predicted octanol–water partition coefficient (Wildman–Crippen LogP) is 2.04. The zero-order valence-corrected chi connectivity index (χ0v) is 16.0. The Morgan fingerprint density at radius 3 is 2.59 bits per heavy atom. The number of fused-ring (bicyclic) bond motifs is 1. The van der Waals surface area contributed by atoms with E-state index in [1.54, 1.807) is 7.05 Å². The Morgan fingerprint density at radius 2 is 1.96 bits per heavy atom. The molecule has 0 amide bonds. The number of ether oxygens (including phenoxy) is 2. The third-order valence-electron chi connectivity index (χ3n) is 5.48. The number of thioether (sulfide) groups is 1. The van der Waals surface area contributed by atoms with Gasteiger partial charge in [0.15, 0.2) is 11.3 Å². The molecule has 3 rings (SSSR count). The number of rotatable bonds is 5. The van der Waals surface area contributed by atoms with Gasteiger partial charge >= 0.3 is 6.18 Å². The van der Waals surface area contributed by atoms with Crippen molar-refractivity contribution in [1.29, 1.82) is 0 Å². The first kappa shape index (κ1) is 21.2. The normalized spacial score (nSPS) is 36.2. The first-order chi connectivity index (χ1) is 12.8. The summed E-state index contributed by atoms with van der Waals surface area (Å²) in [6, 6.07) is -0.806. The molecule has 0 radical (unpaired) electrons. The van der Waals surface area contributed by atoms with E-state index < -0.39 is 42.1 Å². The maximum atomic E-state index is 13.6. The predicted molar refractivity (Wildman–Crippen MR) is 95.5 cm³/mol. The number of hydrogen-bond acceptors (Lipinski definition) is 7. The van der Waals surface area contributed by atoms with Gasteiger partial charge in [-0.3, -0.25) is 4.99 Å². The molecular formula is C17H27F3N2O4S. The minimum atomic E-state index is -4.71. The molecule has 0 aromatic rings. The van der Waals surface area contributed by atoms with Crippen LogP contribution in [0.1, 0.15) is 38.5 Å². The maximum absolute atomic E-state index is 13.6. The summed E-state index contributed by atoms with van der Waals surface area (Å²) in [4.78, 5) is 4.15. The summed E-state index contributed by atoms with van der Waals surface area (Å²) in [5.74, 6) is 0.386. The van der Waals surface area contributed by atoms with Crippen LogP contribution in [0, 0.1) is 5.92 Å². The summed E-state index contributed by atoms with van der Waals surface area (Å²) >= 11 is 1.10. The molecular weight excluding hydrogens is 385 g/mol. The Balaban J connectivity index is 1.64. The Kier molecular flexibility index (Phi) is 6.94. The molecule has 156 valence electrons. The van der Waals surface area contributed by atoms with E-state index >= 15 is 0 Å². The molecule has 0 aromatic carbocycles. The van der Waals surface area contributed by atoms with Crippen molar-refractivity contribution in [2.75, 3.05) is 13.7 Å². The highest BCUT2D eigenvalue weighted by Crippen LogP contribution is 2.40. The van der Waals surface area contributed by atoms with Gasteiger partial charge in [0.05, 0.1) is 0 Å². The number of nitrogens with zero attached hydrogens (tertiary/aromatic N) is 1. The average Bonchev–Trinajstić information content (AvgIpc) is 3.05. The summed E-state index contributed by atoms with van der Waals surface area (Å²) in [5, 5.41) is 23.8. The Hall–Kier alpha value is -0.550. The van der Waals surface area contributed by atoms with Crippen LogP contribution in [0.5, 0.6) is 0 Å². The lowest BCUT2D eigenvalue weighted by molar-refractivity contribution is -0.284. The van der Waals surface area contributed by atoms with E-state index in [-0.39, 0.29) is 6.61 Å². The van der Waals surface area contributed by atoms with E-state index in [1.807, 2.05) is 0 Å². The first-order valence-corrected chi connectivity index (χ1v) is 10.3. The van der Waals surface area contributed by atoms with Crippen LogP contribution in [0.25, 0.3) is 0 Å². The fourth-order valence-corrected chi connectivity index (χ4v) is 5.04. The van der Waals surface area contributed by atoms with Crippen LogP contribution in [0.15, 0.2) is 4.99 Å². The topological polar surface area (TPSA) is 83.3 Å². The van der Waals surface area contributed by atoms with Gasteiger partial charge in [-0.1, -0.05) is 43.9 Å². The number of hydrogen-bond donors (Lipinski definition) is 3. The van der Waals surface area contributed by atoms with Gasteiger partial charge in [-0.25, -0.2) is 0 Å². The van der Waals surface area contributed by atoms with Gasteiger partial charge in [0.2, 0.25) is 0 Å². The molecule has 3 N–H and O–H groups in total. The summed E-state index contributed by atoms with van der Waals surface area (Å²) in [7, 11) is 1.62. The average molecular weight is 412 g/mol. The van der Waals surface area contributed by atoms with Gasteiger partial charge < -0.3 is 25.0 Å². The molecule has 0 bridgehead atoms. The molecule has 0 aromatic heterocycles. The van der Waals surface area contributed by atoms with Crippen molar-refractivity contribution in [1.82, 2.24) is 5.32 Å². The molecule has 3 aliphatic rings. The molecule has 27 heavy (non-hydrogen) atoms. The molecule has 1 saturated carbocycles.